The van der Waals surface area contributed by atoms with E-state index in [0.29, 0.717) is 24.6 Å². The largest absolute Gasteiger partial charge is 0.393 e. The monoisotopic (exact) mass is 645 g/mol. The van der Waals surface area contributed by atoms with E-state index in [-0.39, 0.29) is 29.9 Å². The predicted molar refractivity (Wildman–Crippen MR) is 181 cm³/mol. The molecule has 47 heavy (non-hydrogen) atoms. The molecular formula is C36H51N7O4. The van der Waals surface area contributed by atoms with E-state index < -0.39 is 12.0 Å². The van der Waals surface area contributed by atoms with Crippen LogP contribution < -0.4 is 10.2 Å². The van der Waals surface area contributed by atoms with Gasteiger partial charge in [-0.25, -0.2) is 0 Å². The quantitative estimate of drug-likeness (QED) is 0.334. The lowest BCUT2D eigenvalue weighted by Crippen LogP contribution is -2.48. The van der Waals surface area contributed by atoms with Gasteiger partial charge < -0.3 is 29.6 Å². The average Bonchev–Trinajstić information content (AvgIpc) is 3.84. The van der Waals surface area contributed by atoms with Crippen LogP contribution in [0.2, 0.25) is 0 Å². The summed E-state index contributed by atoms with van der Waals surface area (Å²) in [5.41, 5.74) is 3.10. The zero-order valence-electron chi connectivity index (χ0n) is 28.3. The van der Waals surface area contributed by atoms with Gasteiger partial charge in [0.2, 0.25) is 11.8 Å². The maximum absolute atomic E-state index is 14.1. The van der Waals surface area contributed by atoms with Gasteiger partial charge in [0, 0.05) is 58.6 Å². The molecule has 0 aliphatic carbocycles. The van der Waals surface area contributed by atoms with Crippen LogP contribution >= 0.6 is 0 Å². The lowest BCUT2D eigenvalue weighted by Gasteiger charge is -2.36. The number of carbonyl (C=O) groups excluding carboxylic acids is 2. The Morgan fingerprint density at radius 2 is 1.70 bits per heavy atom. The molecule has 2 amide bonds. The second-order valence-electron chi connectivity index (χ2n) is 14.2. The Kier molecular flexibility index (Phi) is 10.3. The fourth-order valence-electron chi connectivity index (χ4n) is 7.60. The SMILES string of the molecule is CC(NC(=O)C1CCCN1C(=O)C(c1cc(N2CCC(CN3CCC(O)CC3)CC2)no1)C(C)C)c1ccc(-c2ccnn2C)cc1. The summed E-state index contributed by atoms with van der Waals surface area (Å²) in [7, 11) is 1.92. The Morgan fingerprint density at radius 1 is 0.979 bits per heavy atom. The van der Waals surface area contributed by atoms with Crippen molar-refractivity contribution in [1.82, 2.24) is 30.1 Å². The summed E-state index contributed by atoms with van der Waals surface area (Å²) in [4.78, 5) is 34.2. The van der Waals surface area contributed by atoms with Gasteiger partial charge in [-0.05, 0) is 74.5 Å². The smallest absolute Gasteiger partial charge is 0.243 e. The van der Waals surface area contributed by atoms with Gasteiger partial charge in [0.25, 0.3) is 0 Å². The Balaban J connectivity index is 1.05. The summed E-state index contributed by atoms with van der Waals surface area (Å²) in [6.07, 6.45) is 7.00. The van der Waals surface area contributed by atoms with E-state index in [4.69, 9.17) is 4.52 Å². The molecule has 3 atom stereocenters. The van der Waals surface area contributed by atoms with Crippen LogP contribution in [0.1, 0.15) is 82.6 Å². The van der Waals surface area contributed by atoms with Gasteiger partial charge in [-0.2, -0.15) is 5.10 Å². The number of hydrogen-bond acceptors (Lipinski definition) is 8. The van der Waals surface area contributed by atoms with Crippen LogP contribution in [0.3, 0.4) is 0 Å². The fraction of sp³-hybridized carbons (Fsp3) is 0.611. The molecule has 0 spiro atoms. The van der Waals surface area contributed by atoms with Gasteiger partial charge in [-0.1, -0.05) is 43.3 Å². The van der Waals surface area contributed by atoms with E-state index in [0.717, 1.165) is 87.5 Å². The summed E-state index contributed by atoms with van der Waals surface area (Å²) in [6.45, 7) is 11.5. The first-order valence-corrected chi connectivity index (χ1v) is 17.5. The van der Waals surface area contributed by atoms with Gasteiger partial charge in [-0.3, -0.25) is 14.3 Å². The van der Waals surface area contributed by atoms with Crippen LogP contribution in [0, 0.1) is 11.8 Å². The zero-order valence-corrected chi connectivity index (χ0v) is 28.3. The zero-order chi connectivity index (χ0) is 33.1. The molecule has 1 aromatic carbocycles. The molecule has 3 fully saturated rings. The fourth-order valence-corrected chi connectivity index (χ4v) is 7.60. The lowest BCUT2D eigenvalue weighted by molar-refractivity contribution is -0.141. The molecule has 0 saturated carbocycles. The molecule has 3 unspecified atom stereocenters. The number of likely N-dealkylation sites (tertiary alicyclic amines) is 2. The molecule has 2 aromatic heterocycles. The van der Waals surface area contributed by atoms with Gasteiger partial charge >= 0.3 is 0 Å². The van der Waals surface area contributed by atoms with Crippen molar-refractivity contribution < 1.29 is 19.2 Å². The lowest BCUT2D eigenvalue weighted by atomic mass is 9.91. The molecule has 254 valence electrons. The molecule has 3 aliphatic rings. The van der Waals surface area contributed by atoms with Crippen LogP contribution in [-0.4, -0.2) is 93.1 Å². The van der Waals surface area contributed by atoms with Crippen molar-refractivity contribution in [2.45, 2.75) is 83.4 Å². The van der Waals surface area contributed by atoms with Crippen LogP contribution in [-0.2, 0) is 16.6 Å². The summed E-state index contributed by atoms with van der Waals surface area (Å²) >= 11 is 0. The van der Waals surface area contributed by atoms with E-state index in [9.17, 15) is 14.7 Å². The number of anilines is 1. The normalized spacial score (nSPS) is 21.4. The number of rotatable bonds is 10. The first-order chi connectivity index (χ1) is 22.7. The van der Waals surface area contributed by atoms with Crippen molar-refractivity contribution in [3.8, 4) is 11.3 Å². The Labute approximate surface area is 278 Å². The topological polar surface area (TPSA) is 120 Å². The van der Waals surface area contributed by atoms with Crippen molar-refractivity contribution in [2.75, 3.05) is 44.2 Å². The minimum absolute atomic E-state index is 0.0155. The molecule has 0 bridgehead atoms. The highest BCUT2D eigenvalue weighted by atomic mass is 16.5. The highest BCUT2D eigenvalue weighted by Gasteiger charge is 2.40. The summed E-state index contributed by atoms with van der Waals surface area (Å²) in [5.74, 6) is 1.29. The van der Waals surface area contributed by atoms with Crippen LogP contribution in [0.25, 0.3) is 11.3 Å². The number of nitrogens with one attached hydrogen (secondary N) is 1. The third-order valence-electron chi connectivity index (χ3n) is 10.5. The number of piperidine rings is 2. The maximum Gasteiger partial charge on any atom is 0.243 e. The third-order valence-corrected chi connectivity index (χ3v) is 10.5. The first kappa shape index (κ1) is 33.2. The molecule has 3 saturated heterocycles. The number of aliphatic hydroxyl groups is 1. The van der Waals surface area contributed by atoms with Gasteiger partial charge in [0.15, 0.2) is 11.6 Å². The molecular weight excluding hydrogens is 594 g/mol. The van der Waals surface area contributed by atoms with E-state index in [1.54, 1.807) is 11.1 Å². The average molecular weight is 646 g/mol. The van der Waals surface area contributed by atoms with E-state index in [1.165, 1.54) is 0 Å². The summed E-state index contributed by atoms with van der Waals surface area (Å²) in [5, 5.41) is 21.6. The van der Waals surface area contributed by atoms with E-state index >= 15 is 0 Å². The van der Waals surface area contributed by atoms with Crippen molar-refractivity contribution >= 4 is 17.6 Å². The minimum atomic E-state index is -0.510. The highest BCUT2D eigenvalue weighted by molar-refractivity contribution is 5.91. The van der Waals surface area contributed by atoms with Crippen molar-refractivity contribution in [1.29, 1.82) is 0 Å². The van der Waals surface area contributed by atoms with Crippen LogP contribution in [0.4, 0.5) is 5.82 Å². The van der Waals surface area contributed by atoms with Crippen molar-refractivity contribution in [3.05, 3.63) is 53.9 Å². The number of nitrogens with zero attached hydrogens (tertiary/aromatic N) is 6. The molecule has 6 rings (SSSR count). The van der Waals surface area contributed by atoms with Gasteiger partial charge in [0.05, 0.1) is 17.8 Å². The Morgan fingerprint density at radius 3 is 2.36 bits per heavy atom. The molecule has 3 aromatic rings. The van der Waals surface area contributed by atoms with E-state index in [1.807, 2.05) is 68.9 Å². The van der Waals surface area contributed by atoms with E-state index in [2.05, 4.69) is 25.4 Å². The Bertz CT molecular complexity index is 1480. The van der Waals surface area contributed by atoms with Crippen LogP contribution in [0.5, 0.6) is 0 Å². The number of amides is 2. The highest BCUT2D eigenvalue weighted by Crippen LogP contribution is 2.34. The molecule has 5 heterocycles. The molecule has 11 heteroatoms. The summed E-state index contributed by atoms with van der Waals surface area (Å²) < 4.78 is 7.70. The number of aryl methyl sites for hydroxylation is 1. The minimum Gasteiger partial charge on any atom is -0.393 e. The first-order valence-electron chi connectivity index (χ1n) is 17.5. The summed E-state index contributed by atoms with van der Waals surface area (Å²) in [6, 6.07) is 11.4. The third kappa shape index (κ3) is 7.56. The van der Waals surface area contributed by atoms with Crippen molar-refractivity contribution in [2.24, 2.45) is 18.9 Å². The molecule has 3 aliphatic heterocycles. The van der Waals surface area contributed by atoms with Gasteiger partial charge in [-0.15, -0.1) is 0 Å². The number of hydrogen-bond donors (Lipinski definition) is 2. The number of carbonyl (C=O) groups is 2. The standard InChI is InChI=1S/C36H51N7O4/c1-24(2)34(32-22-33(39-47-32)42-20-12-26(13-21-42)23-41-18-14-29(44)15-19-41)36(46)43-17-5-6-31(43)35(45)38-25(3)27-7-9-28(10-8-27)30-11-16-37-40(30)4/h7-11,16,22,24-26,29,31,34,44H,5-6,12-15,17-21,23H2,1-4H3,(H,38,45). The molecule has 2 N–H and O–H groups in total. The Hall–Kier alpha value is -3.70. The predicted octanol–water partition coefficient (Wildman–Crippen LogP) is 4.36. The number of aliphatic hydroxyl groups excluding tert-OH is 1. The second kappa shape index (κ2) is 14.6. The molecule has 11 nitrogen and oxygen atoms in total. The maximum atomic E-state index is 14.1. The van der Waals surface area contributed by atoms with Crippen molar-refractivity contribution in [3.63, 3.8) is 0 Å². The number of aromatic nitrogens is 3. The van der Waals surface area contributed by atoms with Crippen LogP contribution in [0.15, 0.2) is 47.1 Å². The molecule has 0 radical (unpaired) electrons. The van der Waals surface area contributed by atoms with Gasteiger partial charge in [0.1, 0.15) is 12.0 Å². The second-order valence-corrected chi connectivity index (χ2v) is 14.2. The number of benzene rings is 1.